The number of hydrogen-bond acceptors (Lipinski definition) is 6. The molecule has 1 aliphatic carbocycles. The number of halogens is 1. The van der Waals surface area contributed by atoms with E-state index in [1.54, 1.807) is 18.6 Å². The number of rotatable bonds is 3. The van der Waals surface area contributed by atoms with Gasteiger partial charge in [-0.3, -0.25) is 4.79 Å². The van der Waals surface area contributed by atoms with Crippen molar-refractivity contribution < 1.29 is 4.79 Å². The number of nitrogens with zero attached hydrogens (tertiary/aromatic N) is 5. The third-order valence-corrected chi connectivity index (χ3v) is 4.97. The van der Waals surface area contributed by atoms with Gasteiger partial charge in [0, 0.05) is 18.2 Å². The van der Waals surface area contributed by atoms with Crippen LogP contribution in [0.2, 0.25) is 5.28 Å². The Kier molecular flexibility index (Phi) is 4.42. The molecular formula is C17H18ClN7O. The molecular weight excluding hydrogens is 354 g/mol. The third-order valence-electron chi connectivity index (χ3n) is 4.80. The largest absolute Gasteiger partial charge is 0.382 e. The fraction of sp³-hybridized carbons (Fsp3) is 0.353. The van der Waals surface area contributed by atoms with Crippen LogP contribution >= 0.6 is 11.6 Å². The van der Waals surface area contributed by atoms with Crippen LogP contribution in [0, 0.1) is 5.92 Å². The number of nitrogens with two attached hydrogens (primary N) is 1. The highest BCUT2D eigenvalue weighted by molar-refractivity contribution is 6.28. The molecule has 3 N–H and O–H groups in total. The zero-order valence-electron chi connectivity index (χ0n) is 14.0. The Morgan fingerprint density at radius 2 is 2.00 bits per heavy atom. The number of anilines is 2. The van der Waals surface area contributed by atoms with Gasteiger partial charge < -0.3 is 15.6 Å². The molecule has 0 aliphatic heterocycles. The van der Waals surface area contributed by atoms with Gasteiger partial charge in [-0.05, 0) is 49.4 Å². The van der Waals surface area contributed by atoms with Gasteiger partial charge in [0.15, 0.2) is 11.5 Å². The minimum atomic E-state index is -0.0219. The van der Waals surface area contributed by atoms with Crippen LogP contribution in [-0.4, -0.2) is 30.4 Å². The Labute approximate surface area is 154 Å². The van der Waals surface area contributed by atoms with Gasteiger partial charge in [-0.25, -0.2) is 9.97 Å². The summed E-state index contributed by atoms with van der Waals surface area (Å²) in [4.78, 5) is 29.1. The highest BCUT2D eigenvalue weighted by Gasteiger charge is 2.28. The second kappa shape index (κ2) is 6.87. The fourth-order valence-electron chi connectivity index (χ4n) is 3.46. The second-order valence-electron chi connectivity index (χ2n) is 6.41. The molecule has 3 heterocycles. The molecule has 1 aliphatic rings. The van der Waals surface area contributed by atoms with Gasteiger partial charge in [0.1, 0.15) is 11.3 Å². The van der Waals surface area contributed by atoms with Crippen molar-refractivity contribution in [1.82, 2.24) is 24.5 Å². The summed E-state index contributed by atoms with van der Waals surface area (Å²) in [5, 5.41) is 2.99. The quantitative estimate of drug-likeness (QED) is 0.684. The van der Waals surface area contributed by atoms with Crippen molar-refractivity contribution in [3.63, 3.8) is 0 Å². The summed E-state index contributed by atoms with van der Waals surface area (Å²) in [6.45, 7) is 0. The van der Waals surface area contributed by atoms with Gasteiger partial charge in [-0.2, -0.15) is 9.97 Å². The van der Waals surface area contributed by atoms with E-state index in [4.69, 9.17) is 17.3 Å². The maximum atomic E-state index is 12.4. The maximum Gasteiger partial charge on any atom is 0.228 e. The monoisotopic (exact) mass is 371 g/mol. The first-order chi connectivity index (χ1) is 12.6. The summed E-state index contributed by atoms with van der Waals surface area (Å²) < 4.78 is 1.99. The van der Waals surface area contributed by atoms with Crippen LogP contribution in [0.25, 0.3) is 11.2 Å². The van der Waals surface area contributed by atoms with Crippen LogP contribution in [0.15, 0.2) is 30.7 Å². The normalized spacial score (nSPS) is 20.2. The molecule has 3 aromatic heterocycles. The lowest BCUT2D eigenvalue weighted by molar-refractivity contribution is -0.121. The third kappa shape index (κ3) is 3.20. The van der Waals surface area contributed by atoms with Gasteiger partial charge >= 0.3 is 0 Å². The molecule has 26 heavy (non-hydrogen) atoms. The predicted octanol–water partition coefficient (Wildman–Crippen LogP) is 2.83. The first kappa shape index (κ1) is 16.7. The Morgan fingerprint density at radius 1 is 1.19 bits per heavy atom. The van der Waals surface area contributed by atoms with E-state index in [2.05, 4.69) is 25.3 Å². The number of carbonyl (C=O) groups is 1. The van der Waals surface area contributed by atoms with Crippen molar-refractivity contribution in [2.75, 3.05) is 11.1 Å². The Hall–Kier alpha value is -2.74. The van der Waals surface area contributed by atoms with E-state index in [9.17, 15) is 4.79 Å². The number of nitrogen functional groups attached to an aromatic ring is 1. The molecule has 0 bridgehead atoms. The topological polar surface area (TPSA) is 112 Å². The van der Waals surface area contributed by atoms with E-state index in [0.29, 0.717) is 17.0 Å². The summed E-state index contributed by atoms with van der Waals surface area (Å²) in [6.07, 6.45) is 6.68. The number of fused-ring (bicyclic) bond motifs is 1. The zero-order chi connectivity index (χ0) is 18.1. The van der Waals surface area contributed by atoms with Crippen LogP contribution in [0.4, 0.5) is 11.6 Å². The van der Waals surface area contributed by atoms with E-state index >= 15 is 0 Å². The summed E-state index contributed by atoms with van der Waals surface area (Å²) in [5.74, 6) is 0.864. The molecule has 1 saturated carbocycles. The van der Waals surface area contributed by atoms with Crippen LogP contribution in [0.3, 0.4) is 0 Å². The maximum absolute atomic E-state index is 12.4. The zero-order valence-corrected chi connectivity index (χ0v) is 14.7. The van der Waals surface area contributed by atoms with Crippen molar-refractivity contribution in [3.8, 4) is 0 Å². The molecule has 9 heteroatoms. The summed E-state index contributed by atoms with van der Waals surface area (Å²) >= 11 is 5.93. The first-order valence-corrected chi connectivity index (χ1v) is 8.87. The molecule has 1 fully saturated rings. The van der Waals surface area contributed by atoms with Gasteiger partial charge in [-0.15, -0.1) is 0 Å². The molecule has 0 radical (unpaired) electrons. The minimum Gasteiger partial charge on any atom is -0.382 e. The summed E-state index contributed by atoms with van der Waals surface area (Å²) in [5.41, 5.74) is 7.07. The molecule has 134 valence electrons. The summed E-state index contributed by atoms with van der Waals surface area (Å²) in [6, 6.07) is 5.67. The van der Waals surface area contributed by atoms with Gasteiger partial charge in [0.05, 0.1) is 6.33 Å². The van der Waals surface area contributed by atoms with Crippen LogP contribution in [0.1, 0.15) is 31.7 Å². The van der Waals surface area contributed by atoms with Crippen molar-refractivity contribution in [3.05, 3.63) is 36.0 Å². The van der Waals surface area contributed by atoms with Crippen molar-refractivity contribution >= 4 is 40.3 Å². The molecule has 0 unspecified atom stereocenters. The molecule has 1 amide bonds. The molecule has 4 rings (SSSR count). The lowest BCUT2D eigenvalue weighted by Gasteiger charge is -2.28. The molecule has 8 nitrogen and oxygen atoms in total. The molecule has 0 spiro atoms. The van der Waals surface area contributed by atoms with Crippen molar-refractivity contribution in [2.45, 2.75) is 31.7 Å². The van der Waals surface area contributed by atoms with Crippen molar-refractivity contribution in [1.29, 1.82) is 0 Å². The first-order valence-electron chi connectivity index (χ1n) is 8.49. The van der Waals surface area contributed by atoms with Crippen LogP contribution < -0.4 is 11.1 Å². The fourth-order valence-corrected chi connectivity index (χ4v) is 3.63. The highest BCUT2D eigenvalue weighted by atomic mass is 35.5. The van der Waals surface area contributed by atoms with E-state index < -0.39 is 0 Å². The lowest BCUT2D eigenvalue weighted by atomic mass is 9.85. The number of amides is 1. The summed E-state index contributed by atoms with van der Waals surface area (Å²) in [7, 11) is 0. The Bertz CT molecular complexity index is 935. The van der Waals surface area contributed by atoms with Gasteiger partial charge in [-0.1, -0.05) is 6.07 Å². The van der Waals surface area contributed by atoms with Gasteiger partial charge in [0.2, 0.25) is 11.2 Å². The van der Waals surface area contributed by atoms with Crippen LogP contribution in [0.5, 0.6) is 0 Å². The smallest absolute Gasteiger partial charge is 0.228 e. The van der Waals surface area contributed by atoms with E-state index in [0.717, 1.165) is 25.7 Å². The second-order valence-corrected chi connectivity index (χ2v) is 6.75. The molecule has 0 atom stereocenters. The van der Waals surface area contributed by atoms with Crippen LogP contribution in [-0.2, 0) is 4.79 Å². The average Bonchev–Trinajstić information content (AvgIpc) is 3.07. The molecule has 0 aromatic carbocycles. The van der Waals surface area contributed by atoms with Gasteiger partial charge in [0.25, 0.3) is 0 Å². The number of aromatic nitrogens is 5. The Morgan fingerprint density at radius 3 is 2.73 bits per heavy atom. The van der Waals surface area contributed by atoms with E-state index in [1.165, 1.54) is 0 Å². The SMILES string of the molecule is Nc1nc(Cl)nc2c1ncn2C1CCC(C(=O)Nc2ccccn2)CC1. The molecule has 0 saturated heterocycles. The van der Waals surface area contributed by atoms with E-state index in [1.807, 2.05) is 16.7 Å². The number of pyridine rings is 1. The number of nitrogens with one attached hydrogen (secondary N) is 1. The van der Waals surface area contributed by atoms with Crippen molar-refractivity contribution in [2.24, 2.45) is 5.92 Å². The lowest BCUT2D eigenvalue weighted by Crippen LogP contribution is -2.28. The number of imidazole rings is 1. The molecule has 3 aromatic rings. The highest BCUT2D eigenvalue weighted by Crippen LogP contribution is 2.34. The van der Waals surface area contributed by atoms with E-state index in [-0.39, 0.29) is 29.0 Å². The minimum absolute atomic E-state index is 0.0206. The standard InChI is InChI=1S/C17H18ClN7O/c18-17-23-14(19)13-15(24-17)25(9-21-13)11-6-4-10(5-7-11)16(26)22-12-3-1-2-8-20-12/h1-3,8-11H,4-7H2,(H2,19,23,24)(H,20,22,26). The average molecular weight is 372 g/mol. The number of hydrogen-bond donors (Lipinski definition) is 2. The number of carbonyl (C=O) groups excluding carboxylic acids is 1. The Balaban J connectivity index is 1.45. The predicted molar refractivity (Wildman–Crippen MR) is 98.6 cm³/mol.